The zero-order chi connectivity index (χ0) is 18.3. The van der Waals surface area contributed by atoms with Gasteiger partial charge in [-0.1, -0.05) is 20.3 Å². The molecule has 1 rings (SSSR count). The molecule has 0 aliphatic carbocycles. The van der Waals surface area contributed by atoms with Crippen LogP contribution in [0.5, 0.6) is 0 Å². The van der Waals surface area contributed by atoms with Crippen LogP contribution in [0.2, 0.25) is 0 Å². The summed E-state index contributed by atoms with van der Waals surface area (Å²) < 4.78 is 25.9. The molecule has 1 unspecified atom stereocenters. The van der Waals surface area contributed by atoms with Gasteiger partial charge in [0.05, 0.1) is 5.75 Å². The minimum Gasteiger partial charge on any atom is -0.480 e. The van der Waals surface area contributed by atoms with Crippen LogP contribution in [0, 0.1) is 5.92 Å². The zero-order valence-corrected chi connectivity index (χ0v) is 15.7. The summed E-state index contributed by atoms with van der Waals surface area (Å²) >= 11 is 0. The highest BCUT2D eigenvalue weighted by Gasteiger charge is 2.34. The van der Waals surface area contributed by atoms with Crippen LogP contribution in [-0.4, -0.2) is 66.0 Å². The van der Waals surface area contributed by atoms with Gasteiger partial charge in [0.1, 0.15) is 6.54 Å². The second-order valence-electron chi connectivity index (χ2n) is 6.46. The molecule has 140 valence electrons. The average Bonchev–Trinajstić information content (AvgIpc) is 2.56. The smallest absolute Gasteiger partial charge is 0.323 e. The van der Waals surface area contributed by atoms with Crippen molar-refractivity contribution in [3.05, 3.63) is 0 Å². The largest absolute Gasteiger partial charge is 0.480 e. The van der Waals surface area contributed by atoms with E-state index in [9.17, 15) is 18.0 Å². The van der Waals surface area contributed by atoms with E-state index in [0.717, 1.165) is 6.42 Å². The van der Waals surface area contributed by atoms with Crippen LogP contribution < -0.4 is 0 Å². The Bertz CT molecular complexity index is 527. The van der Waals surface area contributed by atoms with Crippen LogP contribution in [0.4, 0.5) is 0 Å². The number of aliphatic carboxylic acids is 1. The van der Waals surface area contributed by atoms with Crippen molar-refractivity contribution in [3.63, 3.8) is 0 Å². The van der Waals surface area contributed by atoms with Gasteiger partial charge < -0.3 is 10.0 Å². The molecule has 1 saturated heterocycles. The second-order valence-corrected chi connectivity index (χ2v) is 8.55. The number of unbranched alkanes of at least 4 members (excludes halogenated alkanes) is 1. The summed E-state index contributed by atoms with van der Waals surface area (Å²) in [7, 11) is -3.24. The van der Waals surface area contributed by atoms with Gasteiger partial charge in [0, 0.05) is 25.0 Å². The summed E-state index contributed by atoms with van der Waals surface area (Å²) in [6, 6.07) is -0.139. The van der Waals surface area contributed by atoms with Gasteiger partial charge in [0.15, 0.2) is 0 Å². The highest BCUT2D eigenvalue weighted by Crippen LogP contribution is 2.23. The number of rotatable bonds is 9. The number of piperidine rings is 1. The van der Waals surface area contributed by atoms with E-state index in [-0.39, 0.29) is 30.2 Å². The first-order valence-corrected chi connectivity index (χ1v) is 10.3. The lowest BCUT2D eigenvalue weighted by molar-refractivity contribution is -0.148. The first-order valence-electron chi connectivity index (χ1n) is 8.73. The number of carboxylic acid groups (broad SMARTS) is 1. The van der Waals surface area contributed by atoms with Gasteiger partial charge in [0.25, 0.3) is 0 Å². The Morgan fingerprint density at radius 1 is 1.25 bits per heavy atom. The fourth-order valence-corrected chi connectivity index (χ4v) is 4.57. The molecule has 1 atom stereocenters. The molecule has 1 heterocycles. The van der Waals surface area contributed by atoms with Crippen molar-refractivity contribution in [2.24, 2.45) is 5.92 Å². The Hall–Kier alpha value is -1.15. The van der Waals surface area contributed by atoms with Crippen LogP contribution in [0.1, 0.15) is 52.9 Å². The molecule has 0 spiro atoms. The van der Waals surface area contributed by atoms with E-state index < -0.39 is 16.0 Å². The van der Waals surface area contributed by atoms with Crippen molar-refractivity contribution in [2.75, 3.05) is 25.4 Å². The van der Waals surface area contributed by atoms with Crippen molar-refractivity contribution in [2.45, 2.75) is 58.9 Å². The maximum atomic E-state index is 12.7. The predicted octanol–water partition coefficient (Wildman–Crippen LogP) is 1.54. The summed E-state index contributed by atoms with van der Waals surface area (Å²) in [4.78, 5) is 25.1. The third kappa shape index (κ3) is 5.73. The molecule has 0 aromatic rings. The van der Waals surface area contributed by atoms with Crippen molar-refractivity contribution >= 4 is 21.9 Å². The molecule has 0 aromatic heterocycles. The minimum absolute atomic E-state index is 0.139. The molecule has 1 aliphatic heterocycles. The standard InChI is InChI=1S/C16H30N2O5S/c1-4-6-11-24(22,23)17-9-7-14(8-10-17)16(21)18(12-15(19)20)13(3)5-2/h13-14H,4-12H2,1-3H3,(H,19,20). The van der Waals surface area contributed by atoms with E-state index >= 15 is 0 Å². The SMILES string of the molecule is CCCCS(=O)(=O)N1CCC(C(=O)N(CC(=O)O)C(C)CC)CC1. The van der Waals surface area contributed by atoms with E-state index in [1.54, 1.807) is 0 Å². The van der Waals surface area contributed by atoms with Crippen LogP contribution in [0.15, 0.2) is 0 Å². The lowest BCUT2D eigenvalue weighted by atomic mass is 9.95. The maximum Gasteiger partial charge on any atom is 0.323 e. The van der Waals surface area contributed by atoms with Crippen molar-refractivity contribution < 1.29 is 23.1 Å². The number of amides is 1. The van der Waals surface area contributed by atoms with Gasteiger partial charge in [-0.25, -0.2) is 12.7 Å². The molecule has 1 fully saturated rings. The highest BCUT2D eigenvalue weighted by atomic mass is 32.2. The maximum absolute atomic E-state index is 12.7. The van der Waals surface area contributed by atoms with Crippen molar-refractivity contribution in [3.8, 4) is 0 Å². The predicted molar refractivity (Wildman–Crippen MR) is 92.1 cm³/mol. The normalized spacial score (nSPS) is 18.3. The third-order valence-corrected chi connectivity index (χ3v) is 6.62. The van der Waals surface area contributed by atoms with Crippen molar-refractivity contribution in [1.29, 1.82) is 0 Å². The van der Waals surface area contributed by atoms with Gasteiger partial charge in [-0.2, -0.15) is 0 Å². The molecule has 0 radical (unpaired) electrons. The average molecular weight is 362 g/mol. The first kappa shape index (κ1) is 20.9. The van der Waals surface area contributed by atoms with Crippen molar-refractivity contribution in [1.82, 2.24) is 9.21 Å². The number of carbonyl (C=O) groups excluding carboxylic acids is 1. The van der Waals surface area contributed by atoms with E-state index in [0.29, 0.717) is 38.8 Å². The summed E-state index contributed by atoms with van der Waals surface area (Å²) in [5.74, 6) is -1.34. The number of carbonyl (C=O) groups is 2. The minimum atomic E-state index is -3.24. The van der Waals surface area contributed by atoms with Gasteiger partial charge in [0.2, 0.25) is 15.9 Å². The van der Waals surface area contributed by atoms with Crippen LogP contribution in [0.25, 0.3) is 0 Å². The molecular weight excluding hydrogens is 332 g/mol. The number of carboxylic acids is 1. The van der Waals surface area contributed by atoms with Gasteiger partial charge >= 0.3 is 5.97 Å². The fourth-order valence-electron chi connectivity index (χ4n) is 2.89. The van der Waals surface area contributed by atoms with Crippen LogP contribution in [-0.2, 0) is 19.6 Å². The van der Waals surface area contributed by atoms with E-state index in [2.05, 4.69) is 0 Å². The third-order valence-electron chi connectivity index (χ3n) is 4.66. The topological polar surface area (TPSA) is 95.0 Å². The molecule has 0 aromatic carbocycles. The molecule has 24 heavy (non-hydrogen) atoms. The highest BCUT2D eigenvalue weighted by molar-refractivity contribution is 7.89. The van der Waals surface area contributed by atoms with E-state index in [1.165, 1.54) is 9.21 Å². The molecule has 0 saturated carbocycles. The lowest BCUT2D eigenvalue weighted by Gasteiger charge is -2.35. The zero-order valence-electron chi connectivity index (χ0n) is 14.9. The fraction of sp³-hybridized carbons (Fsp3) is 0.875. The lowest BCUT2D eigenvalue weighted by Crippen LogP contribution is -2.48. The summed E-state index contributed by atoms with van der Waals surface area (Å²) in [5, 5.41) is 9.03. The Labute approximate surface area is 145 Å². The molecule has 1 N–H and O–H groups in total. The first-order chi connectivity index (χ1) is 11.2. The number of nitrogens with zero attached hydrogens (tertiary/aromatic N) is 2. The monoisotopic (exact) mass is 362 g/mol. The quantitative estimate of drug-likeness (QED) is 0.671. The molecular formula is C16H30N2O5S. The molecule has 0 bridgehead atoms. The van der Waals surface area contributed by atoms with E-state index in [1.807, 2.05) is 20.8 Å². The van der Waals surface area contributed by atoms with Gasteiger partial charge in [-0.3, -0.25) is 9.59 Å². The Balaban J connectivity index is 2.68. The summed E-state index contributed by atoms with van der Waals surface area (Å²) in [6.07, 6.45) is 3.06. The number of sulfonamides is 1. The Morgan fingerprint density at radius 3 is 2.29 bits per heavy atom. The van der Waals surface area contributed by atoms with Crippen LogP contribution in [0.3, 0.4) is 0 Å². The van der Waals surface area contributed by atoms with Crippen LogP contribution >= 0.6 is 0 Å². The number of hydrogen-bond donors (Lipinski definition) is 1. The molecule has 8 heteroatoms. The summed E-state index contributed by atoms with van der Waals surface area (Å²) in [5.41, 5.74) is 0. The molecule has 7 nitrogen and oxygen atoms in total. The summed E-state index contributed by atoms with van der Waals surface area (Å²) in [6.45, 7) is 6.07. The molecule has 1 aliphatic rings. The van der Waals surface area contributed by atoms with Gasteiger partial charge in [-0.05, 0) is 32.6 Å². The Morgan fingerprint density at radius 2 is 1.83 bits per heavy atom. The van der Waals surface area contributed by atoms with Gasteiger partial charge in [-0.15, -0.1) is 0 Å². The number of hydrogen-bond acceptors (Lipinski definition) is 4. The Kier molecular flexibility index (Phi) is 8.15. The molecule has 1 amide bonds. The van der Waals surface area contributed by atoms with E-state index in [4.69, 9.17) is 5.11 Å². The second kappa shape index (κ2) is 9.36.